The molecule has 1 heterocycles. The van der Waals surface area contributed by atoms with E-state index in [-0.39, 0.29) is 23.5 Å². The van der Waals surface area contributed by atoms with Crippen LogP contribution in [0.15, 0.2) is 30.3 Å². The molecule has 1 aliphatic rings. The first-order valence-electron chi connectivity index (χ1n) is 8.33. The molecular weight excluding hydrogens is 578 g/mol. The number of carbonyl (C=O) groups excluding carboxylic acids is 2. The fourth-order valence-electron chi connectivity index (χ4n) is 2.05. The van der Waals surface area contributed by atoms with Crippen molar-refractivity contribution in [2.45, 2.75) is 45.0 Å². The molecule has 0 bridgehead atoms. The molecule has 0 N–H and O–H groups in total. The Morgan fingerprint density at radius 2 is 1.73 bits per heavy atom. The lowest BCUT2D eigenvalue weighted by molar-refractivity contribution is -0.192. The summed E-state index contributed by atoms with van der Waals surface area (Å²) >= 11 is 4.24. The van der Waals surface area contributed by atoms with Crippen molar-refractivity contribution in [2.75, 3.05) is 13.2 Å². The molecule has 1 aliphatic heterocycles. The molecule has 0 aromatic heterocycles. The minimum Gasteiger partial charge on any atom is -0.458 e. The SMILES string of the molecule is CC(C)(C)[Si](C)(C)OC[C@H]1C(=O)O[C@@H]1COC(=O)c1ccccc1.II. The maximum Gasteiger partial charge on any atom is 0.338 e. The monoisotopic (exact) mass is 604 g/mol. The van der Waals surface area contributed by atoms with Gasteiger partial charge in [-0.05, 0) is 30.3 Å². The van der Waals surface area contributed by atoms with E-state index < -0.39 is 20.4 Å². The van der Waals surface area contributed by atoms with Gasteiger partial charge in [0.05, 0.1) is 12.2 Å². The van der Waals surface area contributed by atoms with Gasteiger partial charge < -0.3 is 13.9 Å². The minimum absolute atomic E-state index is 0.0605. The Kier molecular flexibility index (Phi) is 9.51. The number of halogens is 2. The number of ether oxygens (including phenoxy) is 2. The summed E-state index contributed by atoms with van der Waals surface area (Å²) in [6.07, 6.45) is -0.421. The van der Waals surface area contributed by atoms with Gasteiger partial charge in [0.15, 0.2) is 14.4 Å². The average Bonchev–Trinajstić information content (AvgIpc) is 2.59. The van der Waals surface area contributed by atoms with Crippen LogP contribution in [0.4, 0.5) is 0 Å². The number of rotatable bonds is 6. The standard InChI is InChI=1S/C18H26O5Si.I2/c1-18(2,3)24(4,5)22-11-14-15(23-17(14)20)12-21-16(19)13-9-7-6-8-10-13;1-2/h6-10,14-15H,11-12H2,1-5H3;/t14-,15-;/m1./s1. The van der Waals surface area contributed by atoms with Gasteiger partial charge in [-0.2, -0.15) is 0 Å². The average molecular weight is 604 g/mol. The van der Waals surface area contributed by atoms with Crippen molar-refractivity contribution in [3.63, 3.8) is 0 Å². The lowest BCUT2D eigenvalue weighted by Crippen LogP contribution is -2.53. The quantitative estimate of drug-likeness (QED) is 0.255. The minimum atomic E-state index is -1.92. The number of hydrogen-bond donors (Lipinski definition) is 0. The summed E-state index contributed by atoms with van der Waals surface area (Å²) in [7, 11) is -1.92. The first-order valence-corrected chi connectivity index (χ1v) is 17.5. The van der Waals surface area contributed by atoms with E-state index in [1.54, 1.807) is 24.3 Å². The zero-order chi connectivity index (χ0) is 20.0. The van der Waals surface area contributed by atoms with Crippen molar-refractivity contribution in [1.29, 1.82) is 0 Å². The number of hydrogen-bond acceptors (Lipinski definition) is 5. The Bertz CT molecular complexity index is 601. The fourth-order valence-corrected chi connectivity index (χ4v) is 3.08. The Morgan fingerprint density at radius 3 is 2.23 bits per heavy atom. The van der Waals surface area contributed by atoms with Crippen LogP contribution in [0.25, 0.3) is 0 Å². The van der Waals surface area contributed by atoms with Crippen molar-refractivity contribution < 1.29 is 23.5 Å². The molecule has 1 aromatic rings. The van der Waals surface area contributed by atoms with E-state index in [2.05, 4.69) is 71.1 Å². The second-order valence-corrected chi connectivity index (χ2v) is 12.4. The maximum atomic E-state index is 11.9. The van der Waals surface area contributed by atoms with Crippen molar-refractivity contribution in [2.24, 2.45) is 5.92 Å². The van der Waals surface area contributed by atoms with Gasteiger partial charge in [0.1, 0.15) is 12.5 Å². The summed E-state index contributed by atoms with van der Waals surface area (Å²) in [6.45, 7) is 11.1. The third-order valence-corrected chi connectivity index (χ3v) is 9.34. The third-order valence-electron chi connectivity index (χ3n) is 4.84. The molecule has 0 saturated carbocycles. The molecule has 1 saturated heterocycles. The molecule has 5 nitrogen and oxygen atoms in total. The lowest BCUT2D eigenvalue weighted by Gasteiger charge is -2.40. The van der Waals surface area contributed by atoms with E-state index in [1.165, 1.54) is 0 Å². The normalized spacial score (nSPS) is 19.6. The van der Waals surface area contributed by atoms with E-state index in [0.29, 0.717) is 12.2 Å². The van der Waals surface area contributed by atoms with Crippen molar-refractivity contribution >= 4 is 57.5 Å². The fraction of sp³-hybridized carbons (Fsp3) is 0.556. The number of esters is 2. The van der Waals surface area contributed by atoms with Crippen LogP contribution in [-0.4, -0.2) is 39.6 Å². The van der Waals surface area contributed by atoms with Crippen LogP contribution in [-0.2, 0) is 18.7 Å². The predicted octanol–water partition coefficient (Wildman–Crippen LogP) is 5.18. The molecule has 0 spiro atoms. The van der Waals surface area contributed by atoms with Crippen LogP contribution < -0.4 is 0 Å². The topological polar surface area (TPSA) is 61.8 Å². The summed E-state index contributed by atoms with van der Waals surface area (Å²) in [6, 6.07) is 8.75. The zero-order valence-electron chi connectivity index (χ0n) is 15.8. The first kappa shape index (κ1) is 23.8. The van der Waals surface area contributed by atoms with Gasteiger partial charge in [0.2, 0.25) is 0 Å². The summed E-state index contributed by atoms with van der Waals surface area (Å²) < 4.78 is 16.4. The van der Waals surface area contributed by atoms with Gasteiger partial charge in [-0.15, -0.1) is 0 Å². The van der Waals surface area contributed by atoms with Crippen LogP contribution in [0.5, 0.6) is 0 Å². The molecule has 0 unspecified atom stereocenters. The van der Waals surface area contributed by atoms with Gasteiger partial charge in [0, 0.05) is 37.2 Å². The molecule has 1 fully saturated rings. The molecule has 2 rings (SSSR count). The van der Waals surface area contributed by atoms with Crippen molar-refractivity contribution in [3.8, 4) is 0 Å². The molecule has 8 heteroatoms. The highest BCUT2D eigenvalue weighted by Gasteiger charge is 2.46. The Hall–Kier alpha value is -0.203. The van der Waals surface area contributed by atoms with Gasteiger partial charge >= 0.3 is 11.9 Å². The van der Waals surface area contributed by atoms with Crippen LogP contribution >= 0.6 is 37.2 Å². The van der Waals surface area contributed by atoms with Crippen LogP contribution in [0, 0.1) is 5.92 Å². The Labute approximate surface area is 180 Å². The van der Waals surface area contributed by atoms with Gasteiger partial charge in [-0.25, -0.2) is 4.79 Å². The van der Waals surface area contributed by atoms with E-state index in [4.69, 9.17) is 13.9 Å². The zero-order valence-corrected chi connectivity index (χ0v) is 21.1. The highest BCUT2D eigenvalue weighted by molar-refractivity contribution is 15.0. The second kappa shape index (κ2) is 10.4. The van der Waals surface area contributed by atoms with E-state index in [1.807, 2.05) is 6.07 Å². The van der Waals surface area contributed by atoms with E-state index in [0.717, 1.165) is 0 Å². The molecule has 1 aromatic carbocycles. The summed E-state index contributed by atoms with van der Waals surface area (Å²) in [5, 5.41) is 0.0793. The van der Waals surface area contributed by atoms with Crippen LogP contribution in [0.2, 0.25) is 18.1 Å². The van der Waals surface area contributed by atoms with Gasteiger partial charge in [-0.3, -0.25) is 4.79 Å². The maximum absolute atomic E-state index is 11.9. The molecule has 146 valence electrons. The number of benzene rings is 1. The molecule has 2 atom stereocenters. The number of carbonyl (C=O) groups is 2. The lowest BCUT2D eigenvalue weighted by atomic mass is 9.99. The largest absolute Gasteiger partial charge is 0.458 e. The van der Waals surface area contributed by atoms with Crippen molar-refractivity contribution in [3.05, 3.63) is 35.9 Å². The van der Waals surface area contributed by atoms with Crippen LogP contribution in [0.3, 0.4) is 0 Å². The molecule has 0 aliphatic carbocycles. The summed E-state index contributed by atoms with van der Waals surface area (Å²) in [4.78, 5) is 23.6. The highest BCUT2D eigenvalue weighted by Crippen LogP contribution is 2.37. The Balaban J connectivity index is 0.00000163. The highest BCUT2D eigenvalue weighted by atomic mass is 128. The predicted molar refractivity (Wildman–Crippen MR) is 121 cm³/mol. The Morgan fingerprint density at radius 1 is 1.15 bits per heavy atom. The smallest absolute Gasteiger partial charge is 0.338 e. The molecule has 26 heavy (non-hydrogen) atoms. The number of cyclic esters (lactones) is 1. The first-order chi connectivity index (χ1) is 12.1. The van der Waals surface area contributed by atoms with E-state index >= 15 is 0 Å². The van der Waals surface area contributed by atoms with E-state index in [9.17, 15) is 9.59 Å². The summed E-state index contributed by atoms with van der Waals surface area (Å²) in [5.41, 5.74) is 0.484. The summed E-state index contributed by atoms with van der Waals surface area (Å²) in [5.74, 6) is -1.06. The molecule has 0 amide bonds. The second-order valence-electron chi connectivity index (χ2n) is 7.62. The van der Waals surface area contributed by atoms with Crippen LogP contribution in [0.1, 0.15) is 31.1 Å². The molecular formula is C18H26I2O5Si. The van der Waals surface area contributed by atoms with Crippen molar-refractivity contribution in [1.82, 2.24) is 0 Å². The van der Waals surface area contributed by atoms with Gasteiger partial charge in [0.25, 0.3) is 0 Å². The molecule has 0 radical (unpaired) electrons. The third kappa shape index (κ3) is 6.45. The van der Waals surface area contributed by atoms with Gasteiger partial charge in [-0.1, -0.05) is 39.0 Å².